The van der Waals surface area contributed by atoms with Gasteiger partial charge >= 0.3 is 0 Å². The molecule has 0 spiro atoms. The standard InChI is InChI=1S/C7H16N3/c1-3-4-5-9-6-7-10(2)8/h6-9H,3-5H2,1-2H3/q+1/b7-6-,10-8?. The van der Waals surface area contributed by atoms with E-state index in [2.05, 4.69) is 12.2 Å². The Bertz CT molecular complexity index is 118. The number of nitrogens with one attached hydrogen (secondary N) is 2. The van der Waals surface area contributed by atoms with Crippen LogP contribution in [0.5, 0.6) is 0 Å². The SMILES string of the molecule is CCCCN/C=C\[N+](C)=N. The van der Waals surface area contributed by atoms with Crippen LogP contribution in [0.1, 0.15) is 19.8 Å². The second kappa shape index (κ2) is 6.26. The van der Waals surface area contributed by atoms with Crippen molar-refractivity contribution in [3.05, 3.63) is 12.4 Å². The van der Waals surface area contributed by atoms with Crippen molar-refractivity contribution in [2.75, 3.05) is 13.6 Å². The van der Waals surface area contributed by atoms with Crippen LogP contribution in [0.2, 0.25) is 0 Å². The van der Waals surface area contributed by atoms with Crippen molar-refractivity contribution in [2.45, 2.75) is 19.8 Å². The van der Waals surface area contributed by atoms with E-state index in [0.29, 0.717) is 0 Å². The van der Waals surface area contributed by atoms with Gasteiger partial charge in [-0.2, -0.15) is 0 Å². The fourth-order valence-corrected chi connectivity index (χ4v) is 0.527. The second-order valence-corrected chi connectivity index (χ2v) is 2.23. The van der Waals surface area contributed by atoms with E-state index in [1.807, 2.05) is 0 Å². The molecule has 10 heavy (non-hydrogen) atoms. The Morgan fingerprint density at radius 3 is 2.80 bits per heavy atom. The Balaban J connectivity index is 3.10. The largest absolute Gasteiger partial charge is 0.386 e. The highest BCUT2D eigenvalue weighted by molar-refractivity contribution is 4.67. The van der Waals surface area contributed by atoms with E-state index in [1.165, 1.54) is 17.5 Å². The van der Waals surface area contributed by atoms with Crippen molar-refractivity contribution >= 4 is 0 Å². The third kappa shape index (κ3) is 7.14. The van der Waals surface area contributed by atoms with Gasteiger partial charge in [-0.1, -0.05) is 23.6 Å². The van der Waals surface area contributed by atoms with Crippen LogP contribution < -0.4 is 5.32 Å². The Hall–Kier alpha value is -0.860. The summed E-state index contributed by atoms with van der Waals surface area (Å²) in [6.07, 6.45) is 5.86. The molecule has 0 saturated carbocycles. The quantitative estimate of drug-likeness (QED) is 0.341. The lowest BCUT2D eigenvalue weighted by Gasteiger charge is -1.93. The molecule has 0 aromatic heterocycles. The Labute approximate surface area is 62.2 Å². The summed E-state index contributed by atoms with van der Waals surface area (Å²) in [6.45, 7) is 3.16. The molecular formula is C7H16N3+. The van der Waals surface area contributed by atoms with Gasteiger partial charge in [-0.25, -0.2) is 0 Å². The number of unbranched alkanes of at least 4 members (excludes halogenated alkanes) is 1. The Morgan fingerprint density at radius 1 is 1.60 bits per heavy atom. The molecule has 3 nitrogen and oxygen atoms in total. The number of rotatable bonds is 5. The van der Waals surface area contributed by atoms with Crippen LogP contribution in [0.15, 0.2) is 12.4 Å². The molecule has 0 aliphatic heterocycles. The fourth-order valence-electron chi connectivity index (χ4n) is 0.527. The Kier molecular flexibility index (Phi) is 5.72. The first-order valence-electron chi connectivity index (χ1n) is 3.61. The lowest BCUT2D eigenvalue weighted by molar-refractivity contribution is -0.521. The molecule has 0 radical (unpaired) electrons. The van der Waals surface area contributed by atoms with Crippen LogP contribution in [-0.4, -0.2) is 18.3 Å². The van der Waals surface area contributed by atoms with Gasteiger partial charge in [0.05, 0.1) is 6.20 Å². The predicted octanol–water partition coefficient (Wildman–Crippen LogP) is 1.52. The normalized spacial score (nSPS) is 10.2. The van der Waals surface area contributed by atoms with Crippen LogP contribution in [0, 0.1) is 5.53 Å². The monoisotopic (exact) mass is 142 g/mol. The molecule has 0 fully saturated rings. The van der Waals surface area contributed by atoms with Crippen molar-refractivity contribution < 1.29 is 4.70 Å². The number of hydrogen-bond donors (Lipinski definition) is 2. The first kappa shape index (κ1) is 9.14. The van der Waals surface area contributed by atoms with Gasteiger partial charge in [0.25, 0.3) is 0 Å². The van der Waals surface area contributed by atoms with Crippen LogP contribution in [0.4, 0.5) is 0 Å². The molecule has 0 aliphatic carbocycles. The van der Waals surface area contributed by atoms with E-state index in [9.17, 15) is 0 Å². The summed E-state index contributed by atoms with van der Waals surface area (Å²) in [5.74, 6) is 0. The number of nitrogens with zero attached hydrogens (tertiary/aromatic N) is 1. The summed E-state index contributed by atoms with van der Waals surface area (Å²) < 4.78 is 1.26. The van der Waals surface area contributed by atoms with Crippen LogP contribution in [0.3, 0.4) is 0 Å². The summed E-state index contributed by atoms with van der Waals surface area (Å²) in [4.78, 5) is 0. The van der Waals surface area contributed by atoms with Crippen molar-refractivity contribution in [1.82, 2.24) is 5.32 Å². The van der Waals surface area contributed by atoms with Crippen LogP contribution >= 0.6 is 0 Å². The van der Waals surface area contributed by atoms with Gasteiger partial charge in [0.1, 0.15) is 0 Å². The fraction of sp³-hybridized carbons (Fsp3) is 0.714. The van der Waals surface area contributed by atoms with Gasteiger partial charge in [0.2, 0.25) is 6.20 Å². The molecule has 2 N–H and O–H groups in total. The highest BCUT2D eigenvalue weighted by Gasteiger charge is 1.81. The van der Waals surface area contributed by atoms with Gasteiger partial charge in [-0.3, -0.25) is 0 Å². The topological polar surface area (TPSA) is 38.9 Å². The third-order valence-electron chi connectivity index (χ3n) is 1.09. The molecular weight excluding hydrogens is 126 g/mol. The lowest BCUT2D eigenvalue weighted by Crippen LogP contribution is -2.06. The van der Waals surface area contributed by atoms with Crippen molar-refractivity contribution in [1.29, 1.82) is 5.53 Å². The first-order valence-corrected chi connectivity index (χ1v) is 3.61. The maximum atomic E-state index is 6.96. The molecule has 0 aliphatic rings. The van der Waals surface area contributed by atoms with Crippen LogP contribution in [0.25, 0.3) is 0 Å². The molecule has 0 unspecified atom stereocenters. The van der Waals surface area contributed by atoms with Crippen molar-refractivity contribution in [3.8, 4) is 0 Å². The van der Waals surface area contributed by atoms with E-state index in [-0.39, 0.29) is 0 Å². The van der Waals surface area contributed by atoms with Crippen molar-refractivity contribution in [3.63, 3.8) is 0 Å². The predicted molar refractivity (Wildman–Crippen MR) is 41.0 cm³/mol. The van der Waals surface area contributed by atoms with Gasteiger partial charge < -0.3 is 5.32 Å². The van der Waals surface area contributed by atoms with Crippen molar-refractivity contribution in [2.24, 2.45) is 0 Å². The average molecular weight is 142 g/mol. The molecule has 3 heteroatoms. The zero-order valence-corrected chi connectivity index (χ0v) is 6.72. The molecule has 0 atom stereocenters. The van der Waals surface area contributed by atoms with Gasteiger partial charge in [0, 0.05) is 6.54 Å². The minimum Gasteiger partial charge on any atom is -0.386 e. The highest BCUT2D eigenvalue weighted by atomic mass is 15.1. The molecule has 0 bridgehead atoms. The minimum atomic E-state index is 1.00. The average Bonchev–Trinajstić information content (AvgIpc) is 1.87. The van der Waals surface area contributed by atoms with Gasteiger partial charge in [0.15, 0.2) is 7.05 Å². The van der Waals surface area contributed by atoms with Gasteiger partial charge in [-0.05, 0) is 6.42 Å². The molecule has 0 heterocycles. The molecule has 0 amide bonds. The second-order valence-electron chi connectivity index (χ2n) is 2.23. The minimum absolute atomic E-state index is 1.00. The molecule has 58 valence electrons. The zero-order chi connectivity index (χ0) is 7.82. The third-order valence-corrected chi connectivity index (χ3v) is 1.09. The smallest absolute Gasteiger partial charge is 0.210 e. The summed E-state index contributed by atoms with van der Waals surface area (Å²) >= 11 is 0. The summed E-state index contributed by atoms with van der Waals surface area (Å²) in [5, 5.41) is 3.08. The summed E-state index contributed by atoms with van der Waals surface area (Å²) in [5.41, 5.74) is 6.96. The molecule has 0 saturated heterocycles. The van der Waals surface area contributed by atoms with E-state index in [4.69, 9.17) is 5.53 Å². The highest BCUT2D eigenvalue weighted by Crippen LogP contribution is 1.81. The van der Waals surface area contributed by atoms with E-state index < -0.39 is 0 Å². The Morgan fingerprint density at radius 2 is 2.30 bits per heavy atom. The van der Waals surface area contributed by atoms with E-state index in [0.717, 1.165) is 6.54 Å². The first-order chi connectivity index (χ1) is 4.77. The molecule has 0 aromatic carbocycles. The molecule has 0 aromatic rings. The number of hydrogen-bond acceptors (Lipinski definition) is 2. The van der Waals surface area contributed by atoms with E-state index >= 15 is 0 Å². The molecule has 0 rings (SSSR count). The van der Waals surface area contributed by atoms with Crippen LogP contribution in [-0.2, 0) is 0 Å². The van der Waals surface area contributed by atoms with Gasteiger partial charge in [-0.15, -0.1) is 0 Å². The lowest BCUT2D eigenvalue weighted by atomic mass is 10.3. The zero-order valence-electron chi connectivity index (χ0n) is 6.72. The maximum Gasteiger partial charge on any atom is 0.210 e. The van der Waals surface area contributed by atoms with E-state index in [1.54, 1.807) is 19.4 Å². The summed E-state index contributed by atoms with van der Waals surface area (Å²) in [6, 6.07) is 0. The maximum absolute atomic E-state index is 6.96. The summed E-state index contributed by atoms with van der Waals surface area (Å²) in [7, 11) is 1.68.